The second kappa shape index (κ2) is 6.17. The Morgan fingerprint density at radius 3 is 2.72 bits per heavy atom. The van der Waals surface area contributed by atoms with Gasteiger partial charge in [-0.3, -0.25) is 0 Å². The molecular weight excluding hydrogens is 222 g/mol. The van der Waals surface area contributed by atoms with Crippen LogP contribution in [0.15, 0.2) is 48.7 Å². The zero-order valence-electron chi connectivity index (χ0n) is 10.6. The standard InChI is InChI=1S/C15H19N3/c1-12-7-8-17-15(9-12)18-11-14(16)10-13-5-3-2-4-6-13/h2-9,14H,10-11,16H2,1H3,(H,17,18). The lowest BCUT2D eigenvalue weighted by Gasteiger charge is -2.13. The summed E-state index contributed by atoms with van der Waals surface area (Å²) in [5.74, 6) is 0.888. The molecule has 0 aliphatic heterocycles. The molecule has 1 aromatic heterocycles. The molecule has 94 valence electrons. The maximum absolute atomic E-state index is 6.10. The number of nitrogens with two attached hydrogens (primary N) is 1. The second-order valence-corrected chi connectivity index (χ2v) is 4.55. The fourth-order valence-corrected chi connectivity index (χ4v) is 1.86. The van der Waals surface area contributed by atoms with Crippen molar-refractivity contribution in [1.82, 2.24) is 4.98 Å². The number of aromatic nitrogens is 1. The van der Waals surface area contributed by atoms with Crippen molar-refractivity contribution < 1.29 is 0 Å². The number of hydrogen-bond donors (Lipinski definition) is 2. The van der Waals surface area contributed by atoms with E-state index in [1.807, 2.05) is 30.3 Å². The molecule has 1 atom stereocenters. The van der Waals surface area contributed by atoms with Crippen LogP contribution in [0.25, 0.3) is 0 Å². The van der Waals surface area contributed by atoms with Gasteiger partial charge in [-0.05, 0) is 36.6 Å². The molecule has 0 radical (unpaired) electrons. The minimum absolute atomic E-state index is 0.0923. The quantitative estimate of drug-likeness (QED) is 0.845. The maximum Gasteiger partial charge on any atom is 0.126 e. The fourth-order valence-electron chi connectivity index (χ4n) is 1.86. The topological polar surface area (TPSA) is 50.9 Å². The fraction of sp³-hybridized carbons (Fsp3) is 0.267. The summed E-state index contributed by atoms with van der Waals surface area (Å²) in [5.41, 5.74) is 8.57. The van der Waals surface area contributed by atoms with Gasteiger partial charge in [0.2, 0.25) is 0 Å². The van der Waals surface area contributed by atoms with Gasteiger partial charge in [0.05, 0.1) is 0 Å². The summed E-state index contributed by atoms with van der Waals surface area (Å²) < 4.78 is 0. The summed E-state index contributed by atoms with van der Waals surface area (Å²) >= 11 is 0. The first-order valence-electron chi connectivity index (χ1n) is 6.20. The van der Waals surface area contributed by atoms with Crippen LogP contribution in [0.4, 0.5) is 5.82 Å². The molecule has 2 rings (SSSR count). The van der Waals surface area contributed by atoms with Gasteiger partial charge in [0.15, 0.2) is 0 Å². The molecule has 1 heterocycles. The van der Waals surface area contributed by atoms with E-state index in [1.165, 1.54) is 11.1 Å². The molecule has 0 fully saturated rings. The van der Waals surface area contributed by atoms with Crippen molar-refractivity contribution in [2.24, 2.45) is 5.73 Å². The zero-order chi connectivity index (χ0) is 12.8. The number of nitrogens with zero attached hydrogens (tertiary/aromatic N) is 1. The Morgan fingerprint density at radius 2 is 2.00 bits per heavy atom. The van der Waals surface area contributed by atoms with Crippen LogP contribution in [-0.4, -0.2) is 17.6 Å². The molecule has 0 amide bonds. The van der Waals surface area contributed by atoms with Crippen molar-refractivity contribution >= 4 is 5.82 Å². The highest BCUT2D eigenvalue weighted by molar-refractivity contribution is 5.37. The predicted molar refractivity (Wildman–Crippen MR) is 75.6 cm³/mol. The van der Waals surface area contributed by atoms with Gasteiger partial charge < -0.3 is 11.1 Å². The number of rotatable bonds is 5. The summed E-state index contributed by atoms with van der Waals surface area (Å²) in [7, 11) is 0. The highest BCUT2D eigenvalue weighted by Crippen LogP contribution is 2.06. The molecule has 0 saturated carbocycles. The van der Waals surface area contributed by atoms with Gasteiger partial charge >= 0.3 is 0 Å². The van der Waals surface area contributed by atoms with Gasteiger partial charge in [0.25, 0.3) is 0 Å². The van der Waals surface area contributed by atoms with Crippen molar-refractivity contribution in [3.8, 4) is 0 Å². The third kappa shape index (κ3) is 3.86. The molecule has 1 aromatic carbocycles. The molecule has 18 heavy (non-hydrogen) atoms. The van der Waals surface area contributed by atoms with Crippen molar-refractivity contribution in [3.05, 3.63) is 59.8 Å². The number of aryl methyl sites for hydroxylation is 1. The van der Waals surface area contributed by atoms with Gasteiger partial charge in [0.1, 0.15) is 5.82 Å². The largest absolute Gasteiger partial charge is 0.369 e. The van der Waals surface area contributed by atoms with E-state index < -0.39 is 0 Å². The van der Waals surface area contributed by atoms with E-state index in [4.69, 9.17) is 5.73 Å². The van der Waals surface area contributed by atoms with Crippen LogP contribution < -0.4 is 11.1 Å². The zero-order valence-corrected chi connectivity index (χ0v) is 10.6. The third-order valence-electron chi connectivity index (χ3n) is 2.80. The summed E-state index contributed by atoms with van der Waals surface area (Å²) in [5, 5.41) is 3.27. The van der Waals surface area contributed by atoms with Gasteiger partial charge in [-0.2, -0.15) is 0 Å². The first-order chi connectivity index (χ1) is 8.74. The monoisotopic (exact) mass is 241 g/mol. The van der Waals surface area contributed by atoms with Crippen molar-refractivity contribution in [1.29, 1.82) is 0 Å². The Morgan fingerprint density at radius 1 is 1.22 bits per heavy atom. The van der Waals surface area contributed by atoms with Crippen LogP contribution >= 0.6 is 0 Å². The third-order valence-corrected chi connectivity index (χ3v) is 2.80. The Kier molecular flexibility index (Phi) is 4.31. The molecule has 0 aliphatic carbocycles. The number of pyridine rings is 1. The van der Waals surface area contributed by atoms with Crippen LogP contribution in [-0.2, 0) is 6.42 Å². The Balaban J connectivity index is 1.83. The van der Waals surface area contributed by atoms with Crippen LogP contribution in [0, 0.1) is 6.92 Å². The van der Waals surface area contributed by atoms with E-state index in [0.717, 1.165) is 18.8 Å². The summed E-state index contributed by atoms with van der Waals surface area (Å²) in [6.07, 6.45) is 2.68. The molecule has 3 heteroatoms. The molecule has 0 bridgehead atoms. The summed E-state index contributed by atoms with van der Waals surface area (Å²) in [4.78, 5) is 4.25. The average molecular weight is 241 g/mol. The molecule has 2 aromatic rings. The molecule has 3 N–H and O–H groups in total. The van der Waals surface area contributed by atoms with E-state index in [1.54, 1.807) is 6.20 Å². The molecule has 1 unspecified atom stereocenters. The van der Waals surface area contributed by atoms with Crippen molar-refractivity contribution in [2.45, 2.75) is 19.4 Å². The molecule has 0 spiro atoms. The van der Waals surface area contributed by atoms with E-state index in [0.29, 0.717) is 0 Å². The lowest BCUT2D eigenvalue weighted by molar-refractivity contribution is 0.698. The average Bonchev–Trinajstić information content (AvgIpc) is 2.38. The summed E-state index contributed by atoms with van der Waals surface area (Å²) in [6, 6.07) is 14.4. The number of benzene rings is 1. The smallest absolute Gasteiger partial charge is 0.126 e. The lowest BCUT2D eigenvalue weighted by atomic mass is 10.1. The normalized spacial score (nSPS) is 12.1. The highest BCUT2D eigenvalue weighted by Gasteiger charge is 2.04. The minimum atomic E-state index is 0.0923. The molecular formula is C15H19N3. The number of hydrogen-bond acceptors (Lipinski definition) is 3. The van der Waals surface area contributed by atoms with Crippen LogP contribution in [0.3, 0.4) is 0 Å². The van der Waals surface area contributed by atoms with E-state index >= 15 is 0 Å². The number of nitrogens with one attached hydrogen (secondary N) is 1. The lowest BCUT2D eigenvalue weighted by Crippen LogP contribution is -2.31. The van der Waals surface area contributed by atoms with Crippen molar-refractivity contribution in [2.75, 3.05) is 11.9 Å². The highest BCUT2D eigenvalue weighted by atomic mass is 15.0. The predicted octanol–water partition coefficient (Wildman–Crippen LogP) is 2.37. The van der Waals surface area contributed by atoms with Crippen LogP contribution in [0.5, 0.6) is 0 Å². The van der Waals surface area contributed by atoms with E-state index in [2.05, 4.69) is 29.4 Å². The van der Waals surface area contributed by atoms with E-state index in [-0.39, 0.29) is 6.04 Å². The molecule has 0 saturated heterocycles. The first kappa shape index (κ1) is 12.6. The summed E-state index contributed by atoms with van der Waals surface area (Å²) in [6.45, 7) is 2.78. The van der Waals surface area contributed by atoms with Gasteiger partial charge in [0, 0.05) is 18.8 Å². The van der Waals surface area contributed by atoms with Gasteiger partial charge in [-0.25, -0.2) is 4.98 Å². The Bertz CT molecular complexity index is 482. The van der Waals surface area contributed by atoms with Gasteiger partial charge in [-0.1, -0.05) is 30.3 Å². The Labute approximate surface area is 108 Å². The first-order valence-corrected chi connectivity index (χ1v) is 6.20. The molecule has 3 nitrogen and oxygen atoms in total. The second-order valence-electron chi connectivity index (χ2n) is 4.55. The van der Waals surface area contributed by atoms with Gasteiger partial charge in [-0.15, -0.1) is 0 Å². The van der Waals surface area contributed by atoms with E-state index in [9.17, 15) is 0 Å². The minimum Gasteiger partial charge on any atom is -0.369 e. The molecule has 0 aliphatic rings. The van der Waals surface area contributed by atoms with Crippen LogP contribution in [0.1, 0.15) is 11.1 Å². The Hall–Kier alpha value is -1.87. The SMILES string of the molecule is Cc1ccnc(NCC(N)Cc2ccccc2)c1. The van der Waals surface area contributed by atoms with Crippen LogP contribution in [0.2, 0.25) is 0 Å². The van der Waals surface area contributed by atoms with Crippen molar-refractivity contribution in [3.63, 3.8) is 0 Å². The maximum atomic E-state index is 6.10. The number of anilines is 1.